The van der Waals surface area contributed by atoms with Gasteiger partial charge in [0.15, 0.2) is 0 Å². The number of ketones is 1. The van der Waals surface area contributed by atoms with Crippen LogP contribution in [0.1, 0.15) is 67.8 Å². The van der Waals surface area contributed by atoms with Gasteiger partial charge >= 0.3 is 0 Å². The van der Waals surface area contributed by atoms with Crippen LogP contribution in [0.15, 0.2) is 42.0 Å². The number of hydrogen-bond acceptors (Lipinski definition) is 5. The molecule has 170 valence electrons. The van der Waals surface area contributed by atoms with Gasteiger partial charge in [-0.25, -0.2) is 0 Å². The highest BCUT2D eigenvalue weighted by atomic mass is 16.5. The third-order valence-electron chi connectivity index (χ3n) is 5.93. The zero-order valence-corrected chi connectivity index (χ0v) is 19.3. The number of aliphatic hydroxyl groups is 1. The number of ether oxygens (including phenoxy) is 1. The minimum absolute atomic E-state index is 0.0336. The van der Waals surface area contributed by atoms with E-state index in [4.69, 9.17) is 4.74 Å². The van der Waals surface area contributed by atoms with Gasteiger partial charge in [-0.15, -0.1) is 0 Å². The van der Waals surface area contributed by atoms with Crippen molar-refractivity contribution >= 4 is 17.4 Å². The third-order valence-corrected chi connectivity index (χ3v) is 5.93. The number of unbranched alkanes of at least 4 members (excludes halogenated alkanes) is 1. The van der Waals surface area contributed by atoms with Crippen LogP contribution in [0.5, 0.6) is 11.5 Å². The van der Waals surface area contributed by atoms with E-state index in [0.717, 1.165) is 24.0 Å². The number of nitrogens with zero attached hydrogens (tertiary/aromatic N) is 1. The van der Waals surface area contributed by atoms with E-state index >= 15 is 0 Å². The highest BCUT2D eigenvalue weighted by Crippen LogP contribution is 2.42. The smallest absolute Gasteiger partial charge is 0.295 e. The van der Waals surface area contributed by atoms with Crippen LogP contribution in [-0.4, -0.2) is 40.5 Å². The number of hydrogen-bond donors (Lipinski definition) is 2. The van der Waals surface area contributed by atoms with Crippen molar-refractivity contribution in [2.24, 2.45) is 0 Å². The molecule has 1 unspecified atom stereocenters. The first-order chi connectivity index (χ1) is 15.2. The summed E-state index contributed by atoms with van der Waals surface area (Å²) in [4.78, 5) is 27.5. The Bertz CT molecular complexity index is 1070. The summed E-state index contributed by atoms with van der Waals surface area (Å²) in [6, 6.07) is 9.38. The Morgan fingerprint density at radius 3 is 2.50 bits per heavy atom. The van der Waals surface area contributed by atoms with Gasteiger partial charge in [-0.1, -0.05) is 39.3 Å². The highest BCUT2D eigenvalue weighted by molar-refractivity contribution is 6.46. The van der Waals surface area contributed by atoms with E-state index in [1.54, 1.807) is 19.2 Å². The van der Waals surface area contributed by atoms with Crippen LogP contribution < -0.4 is 4.74 Å². The van der Waals surface area contributed by atoms with Gasteiger partial charge < -0.3 is 19.8 Å². The monoisotopic (exact) mass is 437 g/mol. The maximum atomic E-state index is 13.1. The van der Waals surface area contributed by atoms with Gasteiger partial charge in [0.1, 0.15) is 17.3 Å². The molecule has 0 bridgehead atoms. The Balaban J connectivity index is 2.25. The van der Waals surface area contributed by atoms with E-state index in [1.165, 1.54) is 17.0 Å². The SMILES string of the molecule is CCCCN1C(=O)C(=O)/C(=C(/O)c2cc(C(C)C)c(OC)cc2C)C1c1cccc(O)c1. The number of benzene rings is 2. The zero-order chi connectivity index (χ0) is 23.6. The molecule has 32 heavy (non-hydrogen) atoms. The fourth-order valence-electron chi connectivity index (χ4n) is 4.21. The first-order valence-electron chi connectivity index (χ1n) is 11.0. The number of phenols is 1. The number of phenolic OH excluding ortho intramolecular Hbond substituents is 1. The average Bonchev–Trinajstić information content (AvgIpc) is 3.01. The average molecular weight is 438 g/mol. The number of aliphatic hydroxyl groups excluding tert-OH is 1. The minimum atomic E-state index is -0.766. The molecule has 0 aliphatic carbocycles. The standard InChI is InChI=1S/C26H31NO5/c1-6-7-11-27-23(17-9-8-10-18(28)13-17)22(25(30)26(27)31)24(29)20-14-19(15(2)3)21(32-5)12-16(20)4/h8-10,12-15,23,28-29H,6-7,11H2,1-5H3/b24-22+. The topological polar surface area (TPSA) is 87.1 Å². The molecule has 1 heterocycles. The molecule has 2 aromatic carbocycles. The summed E-state index contributed by atoms with van der Waals surface area (Å²) < 4.78 is 5.50. The Morgan fingerprint density at radius 2 is 1.91 bits per heavy atom. The fraction of sp³-hybridized carbons (Fsp3) is 0.385. The molecule has 0 spiro atoms. The van der Waals surface area contributed by atoms with Gasteiger partial charge in [0.05, 0.1) is 18.7 Å². The Morgan fingerprint density at radius 1 is 1.19 bits per heavy atom. The van der Waals surface area contributed by atoms with E-state index < -0.39 is 17.7 Å². The molecule has 1 saturated heterocycles. The fourth-order valence-corrected chi connectivity index (χ4v) is 4.21. The van der Waals surface area contributed by atoms with E-state index in [0.29, 0.717) is 23.4 Å². The van der Waals surface area contributed by atoms with Crippen LogP contribution in [0, 0.1) is 6.92 Å². The number of amides is 1. The number of aryl methyl sites for hydroxylation is 1. The quantitative estimate of drug-likeness (QED) is 0.359. The number of carbonyl (C=O) groups is 2. The minimum Gasteiger partial charge on any atom is -0.508 e. The molecule has 1 aliphatic heterocycles. The van der Waals surface area contributed by atoms with Crippen molar-refractivity contribution in [3.8, 4) is 11.5 Å². The van der Waals surface area contributed by atoms with Crippen molar-refractivity contribution < 1.29 is 24.5 Å². The first-order valence-corrected chi connectivity index (χ1v) is 11.0. The van der Waals surface area contributed by atoms with Crippen LogP contribution >= 0.6 is 0 Å². The Hall–Kier alpha value is -3.28. The molecule has 6 nitrogen and oxygen atoms in total. The number of rotatable bonds is 7. The lowest BCUT2D eigenvalue weighted by Gasteiger charge is -2.25. The summed E-state index contributed by atoms with van der Waals surface area (Å²) >= 11 is 0. The van der Waals surface area contributed by atoms with Crippen molar-refractivity contribution in [2.75, 3.05) is 13.7 Å². The van der Waals surface area contributed by atoms with Crippen LogP contribution in [0.3, 0.4) is 0 Å². The van der Waals surface area contributed by atoms with Crippen molar-refractivity contribution in [3.63, 3.8) is 0 Å². The van der Waals surface area contributed by atoms with E-state index in [1.807, 2.05) is 39.8 Å². The molecule has 1 fully saturated rings. The molecule has 1 atom stereocenters. The van der Waals surface area contributed by atoms with Gasteiger partial charge in [0, 0.05) is 12.1 Å². The number of methoxy groups -OCH3 is 1. The summed E-state index contributed by atoms with van der Waals surface area (Å²) in [5, 5.41) is 21.4. The van der Waals surface area contributed by atoms with Crippen LogP contribution in [0.25, 0.3) is 5.76 Å². The molecule has 1 aliphatic rings. The van der Waals surface area contributed by atoms with E-state index in [2.05, 4.69) is 0 Å². The van der Waals surface area contributed by atoms with Gasteiger partial charge in [-0.05, 0) is 60.2 Å². The van der Waals surface area contributed by atoms with Crippen molar-refractivity contribution in [2.45, 2.75) is 52.5 Å². The second-order valence-corrected chi connectivity index (χ2v) is 8.50. The largest absolute Gasteiger partial charge is 0.508 e. The van der Waals surface area contributed by atoms with Gasteiger partial charge in [0.25, 0.3) is 11.7 Å². The predicted molar refractivity (Wildman–Crippen MR) is 124 cm³/mol. The van der Waals surface area contributed by atoms with Crippen LogP contribution in [0.2, 0.25) is 0 Å². The summed E-state index contributed by atoms with van der Waals surface area (Å²) in [5.41, 5.74) is 2.75. The molecule has 0 saturated carbocycles. The number of likely N-dealkylation sites (tertiary alicyclic amines) is 1. The molecule has 0 radical (unpaired) electrons. The summed E-state index contributed by atoms with van der Waals surface area (Å²) in [7, 11) is 1.60. The highest BCUT2D eigenvalue weighted by Gasteiger charge is 2.46. The molecule has 0 aromatic heterocycles. The lowest BCUT2D eigenvalue weighted by Crippen LogP contribution is -2.30. The van der Waals surface area contributed by atoms with Crippen molar-refractivity contribution in [3.05, 3.63) is 64.2 Å². The molecule has 1 amide bonds. The second kappa shape index (κ2) is 9.47. The maximum Gasteiger partial charge on any atom is 0.295 e. The van der Waals surface area contributed by atoms with Gasteiger partial charge in [-0.2, -0.15) is 0 Å². The lowest BCUT2D eigenvalue weighted by atomic mass is 9.91. The van der Waals surface area contributed by atoms with Gasteiger partial charge in [-0.3, -0.25) is 9.59 Å². The van der Waals surface area contributed by atoms with Gasteiger partial charge in [0.2, 0.25) is 0 Å². The van der Waals surface area contributed by atoms with Crippen molar-refractivity contribution in [1.82, 2.24) is 4.90 Å². The Kier molecular flexibility index (Phi) is 6.92. The number of Topliss-reactive ketones (excluding diaryl/α,β-unsaturated/α-hetero) is 1. The summed E-state index contributed by atoms with van der Waals surface area (Å²) in [6.07, 6.45) is 1.58. The van der Waals surface area contributed by atoms with Crippen molar-refractivity contribution in [1.29, 1.82) is 0 Å². The lowest BCUT2D eigenvalue weighted by molar-refractivity contribution is -0.139. The second-order valence-electron chi connectivity index (χ2n) is 8.50. The number of carbonyl (C=O) groups excluding carboxylic acids is 2. The van der Waals surface area contributed by atoms with E-state index in [-0.39, 0.29) is 23.0 Å². The molecule has 2 N–H and O–H groups in total. The zero-order valence-electron chi connectivity index (χ0n) is 19.3. The first kappa shape index (κ1) is 23.4. The molecule has 2 aromatic rings. The van der Waals surface area contributed by atoms with Crippen LogP contribution in [-0.2, 0) is 9.59 Å². The summed E-state index contributed by atoms with van der Waals surface area (Å²) in [6.45, 7) is 8.27. The number of aromatic hydroxyl groups is 1. The molecule has 6 heteroatoms. The molecular weight excluding hydrogens is 406 g/mol. The van der Waals surface area contributed by atoms with Crippen LogP contribution in [0.4, 0.5) is 0 Å². The molecule has 3 rings (SSSR count). The van der Waals surface area contributed by atoms with E-state index in [9.17, 15) is 19.8 Å². The maximum absolute atomic E-state index is 13.1. The predicted octanol–water partition coefficient (Wildman–Crippen LogP) is 5.05. The Labute approximate surface area is 189 Å². The molecular formula is C26H31NO5. The third kappa shape index (κ3) is 4.22. The summed E-state index contributed by atoms with van der Waals surface area (Å²) in [5.74, 6) is -0.686. The normalized spacial score (nSPS) is 17.9.